The molecule has 0 aromatic carbocycles. The highest BCUT2D eigenvalue weighted by atomic mass is 35.5. The van der Waals surface area contributed by atoms with E-state index in [-0.39, 0.29) is 12.2 Å². The minimum Gasteiger partial charge on any atom is -0.492 e. The van der Waals surface area contributed by atoms with E-state index in [1.54, 1.807) is 6.08 Å². The van der Waals surface area contributed by atoms with Crippen LogP contribution < -0.4 is 0 Å². The van der Waals surface area contributed by atoms with E-state index >= 15 is 0 Å². The van der Waals surface area contributed by atoms with Gasteiger partial charge in [-0.3, -0.25) is 0 Å². The van der Waals surface area contributed by atoms with Crippen molar-refractivity contribution in [3.05, 3.63) is 22.9 Å². The Bertz CT molecular complexity index is 233. The SMILES string of the molecule is C/C=C(Cl)\C=C1\OCC(C)OC1C. The summed E-state index contributed by atoms with van der Waals surface area (Å²) in [5.74, 6) is 0.807. The molecule has 74 valence electrons. The van der Waals surface area contributed by atoms with Crippen molar-refractivity contribution in [1.82, 2.24) is 0 Å². The molecule has 3 heteroatoms. The van der Waals surface area contributed by atoms with Crippen LogP contribution in [0.4, 0.5) is 0 Å². The molecule has 1 fully saturated rings. The zero-order chi connectivity index (χ0) is 9.84. The molecule has 13 heavy (non-hydrogen) atoms. The Balaban J connectivity index is 2.65. The minimum absolute atomic E-state index is 0.00236. The van der Waals surface area contributed by atoms with Crippen LogP contribution in [0.3, 0.4) is 0 Å². The standard InChI is InChI=1S/C10H15ClO2/c1-4-9(11)5-10-8(3)13-7(2)6-12-10/h4-5,7-8H,6H2,1-3H3/b9-4+,10-5+. The van der Waals surface area contributed by atoms with Gasteiger partial charge in [0.1, 0.15) is 18.5 Å². The molecule has 0 aromatic heterocycles. The van der Waals surface area contributed by atoms with Crippen LogP contribution >= 0.6 is 11.6 Å². The van der Waals surface area contributed by atoms with Crippen LogP contribution in [-0.2, 0) is 9.47 Å². The van der Waals surface area contributed by atoms with Crippen molar-refractivity contribution >= 4 is 11.6 Å². The molecular formula is C10H15ClO2. The molecule has 0 aliphatic carbocycles. The molecule has 1 rings (SSSR count). The van der Waals surface area contributed by atoms with Gasteiger partial charge in [0, 0.05) is 5.03 Å². The molecule has 2 nitrogen and oxygen atoms in total. The lowest BCUT2D eigenvalue weighted by Crippen LogP contribution is -2.30. The van der Waals surface area contributed by atoms with Crippen molar-refractivity contribution in [3.8, 4) is 0 Å². The lowest BCUT2D eigenvalue weighted by molar-refractivity contribution is -0.0827. The largest absolute Gasteiger partial charge is 0.492 e. The highest BCUT2D eigenvalue weighted by Crippen LogP contribution is 2.20. The Morgan fingerprint density at radius 2 is 2.23 bits per heavy atom. The number of rotatable bonds is 1. The summed E-state index contributed by atoms with van der Waals surface area (Å²) in [6.07, 6.45) is 3.79. The summed E-state index contributed by atoms with van der Waals surface area (Å²) >= 11 is 5.85. The number of hydrogen-bond donors (Lipinski definition) is 0. The number of ether oxygens (including phenoxy) is 2. The van der Waals surface area contributed by atoms with E-state index in [0.717, 1.165) is 5.76 Å². The smallest absolute Gasteiger partial charge is 0.126 e. The number of halogens is 1. The van der Waals surface area contributed by atoms with Crippen molar-refractivity contribution in [2.45, 2.75) is 33.0 Å². The first-order chi connectivity index (χ1) is 6.13. The van der Waals surface area contributed by atoms with Gasteiger partial charge in [0.15, 0.2) is 0 Å². The second-order valence-corrected chi connectivity index (χ2v) is 3.56. The number of allylic oxidation sites excluding steroid dienone is 3. The molecule has 2 atom stereocenters. The molecule has 0 spiro atoms. The van der Waals surface area contributed by atoms with E-state index in [4.69, 9.17) is 21.1 Å². The third-order valence-corrected chi connectivity index (χ3v) is 2.21. The first-order valence-corrected chi connectivity index (χ1v) is 4.83. The fourth-order valence-electron chi connectivity index (χ4n) is 1.16. The second kappa shape index (κ2) is 4.68. The van der Waals surface area contributed by atoms with Gasteiger partial charge < -0.3 is 9.47 Å². The lowest BCUT2D eigenvalue weighted by Gasteiger charge is -2.28. The summed E-state index contributed by atoms with van der Waals surface area (Å²) in [6.45, 7) is 6.44. The molecule has 1 aliphatic rings. The average Bonchev–Trinajstić information content (AvgIpc) is 2.09. The van der Waals surface area contributed by atoms with E-state index in [9.17, 15) is 0 Å². The van der Waals surface area contributed by atoms with E-state index in [1.807, 2.05) is 26.8 Å². The van der Waals surface area contributed by atoms with Crippen molar-refractivity contribution in [2.24, 2.45) is 0 Å². The summed E-state index contributed by atoms with van der Waals surface area (Å²) in [7, 11) is 0. The first-order valence-electron chi connectivity index (χ1n) is 4.45. The highest BCUT2D eigenvalue weighted by molar-refractivity contribution is 6.31. The van der Waals surface area contributed by atoms with Gasteiger partial charge in [-0.05, 0) is 26.8 Å². The van der Waals surface area contributed by atoms with E-state index in [1.165, 1.54) is 0 Å². The van der Waals surface area contributed by atoms with Crippen LogP contribution in [-0.4, -0.2) is 18.8 Å². The predicted octanol–water partition coefficient (Wildman–Crippen LogP) is 2.84. The van der Waals surface area contributed by atoms with Crippen LogP contribution in [0.5, 0.6) is 0 Å². The van der Waals surface area contributed by atoms with Crippen LogP contribution in [0, 0.1) is 0 Å². The number of hydrogen-bond acceptors (Lipinski definition) is 2. The van der Waals surface area contributed by atoms with Gasteiger partial charge in [0.05, 0.1) is 6.10 Å². The van der Waals surface area contributed by atoms with Crippen LogP contribution in [0.1, 0.15) is 20.8 Å². The summed E-state index contributed by atoms with van der Waals surface area (Å²) in [4.78, 5) is 0. The van der Waals surface area contributed by atoms with Crippen molar-refractivity contribution in [1.29, 1.82) is 0 Å². The molecule has 0 N–H and O–H groups in total. The molecule has 1 saturated heterocycles. The Hall–Kier alpha value is -0.470. The van der Waals surface area contributed by atoms with Crippen LogP contribution in [0.2, 0.25) is 0 Å². The summed E-state index contributed by atoms with van der Waals surface area (Å²) in [5.41, 5.74) is 0. The van der Waals surface area contributed by atoms with Gasteiger partial charge in [0.2, 0.25) is 0 Å². The normalized spacial score (nSPS) is 33.2. The lowest BCUT2D eigenvalue weighted by atomic mass is 10.2. The fourth-order valence-corrected chi connectivity index (χ4v) is 1.27. The molecule has 0 radical (unpaired) electrons. The van der Waals surface area contributed by atoms with Gasteiger partial charge in [-0.25, -0.2) is 0 Å². The third kappa shape index (κ3) is 3.05. The van der Waals surface area contributed by atoms with E-state index < -0.39 is 0 Å². The molecule has 0 aromatic rings. The Morgan fingerprint density at radius 3 is 2.77 bits per heavy atom. The zero-order valence-corrected chi connectivity index (χ0v) is 8.97. The molecule has 0 bridgehead atoms. The van der Waals surface area contributed by atoms with E-state index in [2.05, 4.69) is 0 Å². The maximum atomic E-state index is 5.85. The quantitative estimate of drug-likeness (QED) is 0.651. The summed E-state index contributed by atoms with van der Waals surface area (Å²) in [6, 6.07) is 0. The van der Waals surface area contributed by atoms with Crippen molar-refractivity contribution in [3.63, 3.8) is 0 Å². The topological polar surface area (TPSA) is 18.5 Å². The Labute approximate surface area is 84.2 Å². The maximum absolute atomic E-state index is 5.85. The van der Waals surface area contributed by atoms with Gasteiger partial charge in [0.25, 0.3) is 0 Å². The molecular weight excluding hydrogens is 188 g/mol. The molecule has 0 saturated carbocycles. The monoisotopic (exact) mass is 202 g/mol. The molecule has 2 unspecified atom stereocenters. The average molecular weight is 203 g/mol. The third-order valence-electron chi connectivity index (χ3n) is 1.88. The molecule has 1 heterocycles. The van der Waals surface area contributed by atoms with Crippen LogP contribution in [0.15, 0.2) is 22.9 Å². The zero-order valence-electron chi connectivity index (χ0n) is 8.21. The maximum Gasteiger partial charge on any atom is 0.126 e. The molecule has 0 amide bonds. The van der Waals surface area contributed by atoms with Crippen molar-refractivity contribution < 1.29 is 9.47 Å². The van der Waals surface area contributed by atoms with Gasteiger partial charge in [-0.1, -0.05) is 17.7 Å². The van der Waals surface area contributed by atoms with E-state index in [0.29, 0.717) is 11.6 Å². The minimum atomic E-state index is -0.00236. The predicted molar refractivity (Wildman–Crippen MR) is 53.7 cm³/mol. The van der Waals surface area contributed by atoms with Gasteiger partial charge in [-0.15, -0.1) is 0 Å². The van der Waals surface area contributed by atoms with Crippen LogP contribution in [0.25, 0.3) is 0 Å². The Kier molecular flexibility index (Phi) is 3.82. The first kappa shape index (κ1) is 10.6. The Morgan fingerprint density at radius 1 is 1.54 bits per heavy atom. The highest BCUT2D eigenvalue weighted by Gasteiger charge is 2.21. The summed E-state index contributed by atoms with van der Waals surface area (Å²) < 4.78 is 11.1. The van der Waals surface area contributed by atoms with Gasteiger partial charge in [-0.2, -0.15) is 0 Å². The van der Waals surface area contributed by atoms with Gasteiger partial charge >= 0.3 is 0 Å². The summed E-state index contributed by atoms with van der Waals surface area (Å²) in [5, 5.41) is 0.681. The second-order valence-electron chi connectivity index (χ2n) is 3.12. The van der Waals surface area contributed by atoms with Crippen molar-refractivity contribution in [2.75, 3.05) is 6.61 Å². The molecule has 1 aliphatic heterocycles. The fraction of sp³-hybridized carbons (Fsp3) is 0.600.